The molecular weight excluding hydrogens is 131 g/mol. The standard InChI is InChI=1S/C5H5P.Ca/c1-2-4-6-5-3-1;/h1-5H;. The molecule has 0 aliphatic heterocycles. The summed E-state index contributed by atoms with van der Waals surface area (Å²) in [5.74, 6) is 4.19. The summed E-state index contributed by atoms with van der Waals surface area (Å²) < 4.78 is 0. The molecule has 0 amide bonds. The van der Waals surface area contributed by atoms with Crippen molar-refractivity contribution in [2.24, 2.45) is 0 Å². The quantitative estimate of drug-likeness (QED) is 0.478. The van der Waals surface area contributed by atoms with Gasteiger partial charge in [0.25, 0.3) is 0 Å². The van der Waals surface area contributed by atoms with Crippen LogP contribution in [0.3, 0.4) is 0 Å². The summed E-state index contributed by atoms with van der Waals surface area (Å²) in [6.07, 6.45) is 0. The molecule has 0 aliphatic rings. The molecule has 0 fully saturated rings. The Morgan fingerprint density at radius 1 is 0.857 bits per heavy atom. The summed E-state index contributed by atoms with van der Waals surface area (Å²) in [5.41, 5.74) is 0. The van der Waals surface area contributed by atoms with Crippen molar-refractivity contribution in [1.82, 2.24) is 0 Å². The van der Waals surface area contributed by atoms with Gasteiger partial charge in [-0.05, 0) is 11.6 Å². The maximum absolute atomic E-state index is 2.10. The molecule has 0 aliphatic carbocycles. The van der Waals surface area contributed by atoms with Crippen LogP contribution in [0.4, 0.5) is 0 Å². The van der Waals surface area contributed by atoms with Crippen LogP contribution >= 0.6 is 8.19 Å². The maximum Gasteiger partial charge on any atom is 0 e. The van der Waals surface area contributed by atoms with Crippen LogP contribution in [-0.2, 0) is 0 Å². The molecule has 0 saturated carbocycles. The van der Waals surface area contributed by atoms with Gasteiger partial charge in [-0.15, -0.1) is 0 Å². The summed E-state index contributed by atoms with van der Waals surface area (Å²) in [6, 6.07) is 6.11. The minimum absolute atomic E-state index is 0. The zero-order valence-electron chi connectivity index (χ0n) is 4.04. The van der Waals surface area contributed by atoms with Crippen LogP contribution in [0.2, 0.25) is 0 Å². The van der Waals surface area contributed by atoms with Gasteiger partial charge in [0, 0.05) is 37.7 Å². The van der Waals surface area contributed by atoms with Crippen LogP contribution in [0.15, 0.2) is 29.8 Å². The topological polar surface area (TPSA) is 0 Å². The van der Waals surface area contributed by atoms with Crippen molar-refractivity contribution in [3.05, 3.63) is 29.8 Å². The van der Waals surface area contributed by atoms with Crippen molar-refractivity contribution in [3.63, 3.8) is 0 Å². The molecule has 32 valence electrons. The first kappa shape index (κ1) is 7.91. The summed E-state index contributed by atoms with van der Waals surface area (Å²) in [6.45, 7) is 0. The molecular formula is C5H5CaP. The molecule has 7 heavy (non-hydrogen) atoms. The monoisotopic (exact) mass is 136 g/mol. The van der Waals surface area contributed by atoms with Crippen molar-refractivity contribution >= 4 is 45.9 Å². The Kier molecular flexibility index (Phi) is 5.71. The Balaban J connectivity index is 0.000000360. The van der Waals surface area contributed by atoms with Gasteiger partial charge in [0.1, 0.15) is 0 Å². The van der Waals surface area contributed by atoms with E-state index in [-0.39, 0.29) is 37.7 Å². The molecule has 0 unspecified atom stereocenters. The second kappa shape index (κ2) is 5.05. The van der Waals surface area contributed by atoms with Gasteiger partial charge in [-0.1, -0.05) is 26.4 Å². The third kappa shape index (κ3) is 3.49. The van der Waals surface area contributed by atoms with Gasteiger partial charge in [0.2, 0.25) is 0 Å². The minimum Gasteiger partial charge on any atom is -0.0765 e. The van der Waals surface area contributed by atoms with Gasteiger partial charge in [0.05, 0.1) is 0 Å². The van der Waals surface area contributed by atoms with E-state index in [0.717, 1.165) is 0 Å². The first-order valence-electron chi connectivity index (χ1n) is 1.85. The second-order valence-corrected chi connectivity index (χ2v) is 1.92. The first-order valence-corrected chi connectivity index (χ1v) is 2.88. The largest absolute Gasteiger partial charge is 0.0765 e. The van der Waals surface area contributed by atoms with E-state index in [9.17, 15) is 0 Å². The van der Waals surface area contributed by atoms with Crippen LogP contribution in [-0.4, -0.2) is 37.7 Å². The summed E-state index contributed by atoms with van der Waals surface area (Å²) in [7, 11) is 1.31. The predicted molar refractivity (Wildman–Crippen MR) is 34.7 cm³/mol. The first-order chi connectivity index (χ1) is 3.00. The van der Waals surface area contributed by atoms with Crippen molar-refractivity contribution in [3.8, 4) is 0 Å². The SMILES string of the molecule is [Ca].c1ccpcc1. The zero-order valence-corrected chi connectivity index (χ0v) is 7.14. The third-order valence-corrected chi connectivity index (χ3v) is 1.26. The molecule has 0 atom stereocenters. The molecule has 0 spiro atoms. The molecule has 1 rings (SSSR count). The number of hydrogen-bond acceptors (Lipinski definition) is 0. The fourth-order valence-corrected chi connectivity index (χ4v) is 0.810. The van der Waals surface area contributed by atoms with Crippen LogP contribution in [0, 0.1) is 0 Å². The van der Waals surface area contributed by atoms with Gasteiger partial charge in [-0.25, -0.2) is 0 Å². The van der Waals surface area contributed by atoms with E-state index in [2.05, 4.69) is 11.6 Å². The van der Waals surface area contributed by atoms with Gasteiger partial charge in [-0.3, -0.25) is 0 Å². The van der Waals surface area contributed by atoms with E-state index in [1.54, 1.807) is 0 Å². The number of rotatable bonds is 0. The number of hydrogen-bond donors (Lipinski definition) is 0. The van der Waals surface area contributed by atoms with Gasteiger partial charge >= 0.3 is 0 Å². The summed E-state index contributed by atoms with van der Waals surface area (Å²) >= 11 is 0. The zero-order chi connectivity index (χ0) is 4.24. The van der Waals surface area contributed by atoms with E-state index in [0.29, 0.717) is 0 Å². The van der Waals surface area contributed by atoms with E-state index < -0.39 is 0 Å². The fraction of sp³-hybridized carbons (Fsp3) is 0. The van der Waals surface area contributed by atoms with Crippen LogP contribution in [0.1, 0.15) is 0 Å². The summed E-state index contributed by atoms with van der Waals surface area (Å²) in [4.78, 5) is 0. The maximum atomic E-state index is 2.10. The van der Waals surface area contributed by atoms with Crippen molar-refractivity contribution in [1.29, 1.82) is 0 Å². The molecule has 0 aromatic carbocycles. The smallest absolute Gasteiger partial charge is 0 e. The molecule has 1 heterocycles. The predicted octanol–water partition coefficient (Wildman–Crippen LogP) is 1.89. The molecule has 0 nitrogen and oxygen atoms in total. The molecule has 0 saturated heterocycles. The summed E-state index contributed by atoms with van der Waals surface area (Å²) in [5, 5.41) is 0. The Labute approximate surface area is 75.0 Å². The van der Waals surface area contributed by atoms with E-state index in [4.69, 9.17) is 0 Å². The molecule has 0 N–H and O–H groups in total. The Hall–Kier alpha value is 0.910. The fourth-order valence-electron chi connectivity index (χ4n) is 0.313. The second-order valence-electron chi connectivity index (χ2n) is 1.02. The van der Waals surface area contributed by atoms with Gasteiger partial charge < -0.3 is 0 Å². The molecule has 0 bridgehead atoms. The van der Waals surface area contributed by atoms with E-state index in [1.807, 2.05) is 18.2 Å². The minimum atomic E-state index is 0. The average molecular weight is 136 g/mol. The third-order valence-electron chi connectivity index (χ3n) is 0.566. The van der Waals surface area contributed by atoms with E-state index in [1.165, 1.54) is 8.19 Å². The molecule has 1 aromatic heterocycles. The van der Waals surface area contributed by atoms with E-state index >= 15 is 0 Å². The molecule has 2 heteroatoms. The normalized spacial score (nSPS) is 6.86. The Morgan fingerprint density at radius 3 is 1.57 bits per heavy atom. The van der Waals surface area contributed by atoms with Crippen molar-refractivity contribution < 1.29 is 0 Å². The van der Waals surface area contributed by atoms with Crippen LogP contribution < -0.4 is 0 Å². The van der Waals surface area contributed by atoms with Crippen molar-refractivity contribution in [2.75, 3.05) is 0 Å². The Morgan fingerprint density at radius 2 is 1.43 bits per heavy atom. The van der Waals surface area contributed by atoms with Crippen LogP contribution in [0.25, 0.3) is 0 Å². The van der Waals surface area contributed by atoms with Crippen molar-refractivity contribution in [2.45, 2.75) is 0 Å². The van der Waals surface area contributed by atoms with Gasteiger partial charge in [-0.2, -0.15) is 0 Å². The molecule has 2 radical (unpaired) electrons. The average Bonchev–Trinajstić information content (AvgIpc) is 1.72. The van der Waals surface area contributed by atoms with Crippen LogP contribution in [0.5, 0.6) is 0 Å². The Bertz CT molecular complexity index is 80.0. The molecule has 1 aromatic rings. The van der Waals surface area contributed by atoms with Gasteiger partial charge in [0.15, 0.2) is 0 Å².